The zero-order chi connectivity index (χ0) is 37.7. The highest BCUT2D eigenvalue weighted by atomic mass is 19.4. The minimum atomic E-state index is -5.09. The van der Waals surface area contributed by atoms with Gasteiger partial charge in [0.15, 0.2) is 5.82 Å². The molecule has 0 saturated carbocycles. The number of nitrogen functional groups attached to an aromatic ring is 1. The van der Waals surface area contributed by atoms with Gasteiger partial charge in [-0.1, -0.05) is 0 Å². The van der Waals surface area contributed by atoms with Gasteiger partial charge < -0.3 is 29.6 Å². The first-order valence-electron chi connectivity index (χ1n) is 18.0. The third-order valence-corrected chi connectivity index (χ3v) is 11.0. The van der Waals surface area contributed by atoms with E-state index >= 15 is 4.39 Å². The van der Waals surface area contributed by atoms with Crippen molar-refractivity contribution in [2.24, 2.45) is 0 Å². The van der Waals surface area contributed by atoms with Crippen molar-refractivity contribution < 1.29 is 45.7 Å². The van der Waals surface area contributed by atoms with Crippen molar-refractivity contribution >= 4 is 28.5 Å². The van der Waals surface area contributed by atoms with E-state index in [-0.39, 0.29) is 53.9 Å². The van der Waals surface area contributed by atoms with Crippen LogP contribution in [0.2, 0.25) is 0 Å². The minimum absolute atomic E-state index is 0.0477. The number of amides is 1. The number of nitrogens with two attached hydrogens (primary N) is 1. The number of hydrogen-bond donors (Lipinski definition) is 1. The van der Waals surface area contributed by atoms with Crippen LogP contribution in [0.25, 0.3) is 22.2 Å². The lowest BCUT2D eigenvalue weighted by Crippen LogP contribution is -2.65. The van der Waals surface area contributed by atoms with E-state index in [1.165, 1.54) is 0 Å². The fraction of sp³-hybridized carbons (Fsp3) is 0.611. The number of carbonyl (C=O) groups is 1. The Morgan fingerprint density at radius 3 is 2.53 bits per heavy atom. The standard InChI is InChI=1S/C36H42F5N7O5/c1-16-25(36(39,40)41)21(12-22(42)26(16)37)28-27(38)29-24-31(45-33(44-29)50-10-6-9-46-14-20-11-19(46)15-51-20)47-13-18-7-8-23(30(47)17(2)52-32(24)43-28)48(18)34(49)53-35(3,4)5/h12,17-20,23,30H,6-11,13-15,42H2,1-5H3/t17-,18+,19+,20?,23-,30+/m0/s1. The Bertz CT molecular complexity index is 1980. The van der Waals surface area contributed by atoms with Crippen LogP contribution in [-0.2, 0) is 15.7 Å². The van der Waals surface area contributed by atoms with Crippen molar-refractivity contribution in [1.82, 2.24) is 24.8 Å². The Morgan fingerprint density at radius 1 is 1.08 bits per heavy atom. The van der Waals surface area contributed by atoms with Crippen LogP contribution < -0.4 is 20.1 Å². The quantitative estimate of drug-likeness (QED) is 0.185. The van der Waals surface area contributed by atoms with Crippen LogP contribution in [-0.4, -0.2) is 106 Å². The number of piperazine rings is 1. The van der Waals surface area contributed by atoms with Crippen LogP contribution in [0.4, 0.5) is 38.3 Å². The van der Waals surface area contributed by atoms with Gasteiger partial charge in [-0.2, -0.15) is 23.1 Å². The number of nitrogens with zero attached hydrogens (tertiary/aromatic N) is 6. The summed E-state index contributed by atoms with van der Waals surface area (Å²) in [4.78, 5) is 33.1. The SMILES string of the molecule is Cc1c(F)c(N)cc(-c2nc3c4c(nc(OCCCN5CC6C[C@@H]5CO6)nc4c2F)N2C[C@H]4CC[C@@H]([C@H]2[C@H](C)O3)N4C(=O)OC(C)(C)C)c1C(F)(F)F. The number of pyridine rings is 1. The van der Waals surface area contributed by atoms with E-state index in [1.54, 1.807) is 32.6 Å². The molecule has 0 spiro atoms. The maximum atomic E-state index is 16.9. The molecule has 5 aliphatic heterocycles. The van der Waals surface area contributed by atoms with Gasteiger partial charge in [0.1, 0.15) is 39.9 Å². The topological polar surface area (TPSA) is 128 Å². The molecule has 6 atom stereocenters. The molecule has 3 aromatic rings. The van der Waals surface area contributed by atoms with Gasteiger partial charge in [0.2, 0.25) is 5.88 Å². The average Bonchev–Trinajstić information content (AvgIpc) is 3.76. The van der Waals surface area contributed by atoms with Crippen LogP contribution in [0.5, 0.6) is 11.9 Å². The van der Waals surface area contributed by atoms with Gasteiger partial charge in [-0.3, -0.25) is 9.80 Å². The third-order valence-electron chi connectivity index (χ3n) is 11.0. The number of fused-ring (bicyclic) bond motifs is 7. The first kappa shape index (κ1) is 35.8. The highest BCUT2D eigenvalue weighted by Crippen LogP contribution is 2.48. The number of ether oxygens (including phenoxy) is 4. The second-order valence-corrected chi connectivity index (χ2v) is 15.7. The van der Waals surface area contributed by atoms with E-state index in [0.717, 1.165) is 32.5 Å². The van der Waals surface area contributed by atoms with Crippen molar-refractivity contribution in [3.05, 3.63) is 28.8 Å². The predicted octanol–water partition coefficient (Wildman–Crippen LogP) is 5.86. The number of aromatic nitrogens is 3. The second-order valence-electron chi connectivity index (χ2n) is 15.7. The third kappa shape index (κ3) is 6.12. The monoisotopic (exact) mass is 747 g/mol. The number of morpholine rings is 1. The average molecular weight is 748 g/mol. The van der Waals surface area contributed by atoms with Crippen molar-refractivity contribution in [3.63, 3.8) is 0 Å². The number of likely N-dealkylation sites (tertiary alicyclic amines) is 1. The maximum absolute atomic E-state index is 16.9. The van der Waals surface area contributed by atoms with Gasteiger partial charge in [0.25, 0.3) is 0 Å². The van der Waals surface area contributed by atoms with Crippen molar-refractivity contribution in [2.45, 2.75) is 108 Å². The van der Waals surface area contributed by atoms with Gasteiger partial charge >= 0.3 is 18.3 Å². The molecule has 286 valence electrons. The highest BCUT2D eigenvalue weighted by molar-refractivity contribution is 5.98. The summed E-state index contributed by atoms with van der Waals surface area (Å²) in [6.07, 6.45) is -3.14. The summed E-state index contributed by atoms with van der Waals surface area (Å²) in [5.74, 6) is -2.44. The fourth-order valence-corrected chi connectivity index (χ4v) is 8.82. The van der Waals surface area contributed by atoms with E-state index in [4.69, 9.17) is 29.7 Å². The van der Waals surface area contributed by atoms with E-state index in [1.807, 2.05) is 4.90 Å². The fourth-order valence-electron chi connectivity index (χ4n) is 8.82. The molecular formula is C36H42F5N7O5. The molecule has 17 heteroatoms. The molecule has 8 rings (SSSR count). The van der Waals surface area contributed by atoms with Gasteiger partial charge in [0, 0.05) is 31.2 Å². The van der Waals surface area contributed by atoms with Gasteiger partial charge in [-0.15, -0.1) is 0 Å². The van der Waals surface area contributed by atoms with Crippen LogP contribution in [0.1, 0.15) is 64.5 Å². The van der Waals surface area contributed by atoms with Gasteiger partial charge in [0.05, 0.1) is 48.7 Å². The lowest BCUT2D eigenvalue weighted by Gasteiger charge is -2.48. The lowest BCUT2D eigenvalue weighted by atomic mass is 9.96. The number of carbonyl (C=O) groups excluding carboxylic acids is 1. The molecule has 1 aromatic carbocycles. The molecule has 5 aliphatic rings. The minimum Gasteiger partial charge on any atom is -0.472 e. The molecular weight excluding hydrogens is 705 g/mol. The van der Waals surface area contributed by atoms with Crippen LogP contribution in [0.15, 0.2) is 6.07 Å². The molecule has 2 N–H and O–H groups in total. The number of rotatable bonds is 6. The zero-order valence-corrected chi connectivity index (χ0v) is 30.1. The van der Waals surface area contributed by atoms with Gasteiger partial charge in [-0.05, 0) is 71.9 Å². The summed E-state index contributed by atoms with van der Waals surface area (Å²) < 4.78 is 99.3. The molecule has 12 nitrogen and oxygen atoms in total. The molecule has 0 aliphatic carbocycles. The molecule has 4 saturated heterocycles. The predicted molar refractivity (Wildman–Crippen MR) is 183 cm³/mol. The summed E-state index contributed by atoms with van der Waals surface area (Å²) >= 11 is 0. The lowest BCUT2D eigenvalue weighted by molar-refractivity contribution is -0.137. The molecule has 4 fully saturated rings. The molecule has 0 radical (unpaired) electrons. The Morgan fingerprint density at radius 2 is 1.85 bits per heavy atom. The molecule has 1 unspecified atom stereocenters. The molecule has 4 bridgehead atoms. The molecule has 1 amide bonds. The number of alkyl halides is 3. The largest absolute Gasteiger partial charge is 0.472 e. The summed E-state index contributed by atoms with van der Waals surface area (Å²) in [6, 6.07) is -0.292. The maximum Gasteiger partial charge on any atom is 0.417 e. The number of halogens is 5. The second kappa shape index (κ2) is 12.7. The number of anilines is 2. The van der Waals surface area contributed by atoms with Crippen LogP contribution in [0, 0.1) is 18.6 Å². The number of hydrogen-bond acceptors (Lipinski definition) is 11. The van der Waals surface area contributed by atoms with E-state index < -0.39 is 75.8 Å². The first-order chi connectivity index (χ1) is 25.0. The Kier molecular flexibility index (Phi) is 8.55. The summed E-state index contributed by atoms with van der Waals surface area (Å²) in [6.45, 7) is 10.8. The highest BCUT2D eigenvalue weighted by Gasteiger charge is 2.54. The van der Waals surface area contributed by atoms with Crippen molar-refractivity contribution in [1.29, 1.82) is 0 Å². The molecule has 2 aromatic heterocycles. The van der Waals surface area contributed by atoms with E-state index in [0.29, 0.717) is 31.9 Å². The Hall–Kier alpha value is -4.25. The summed E-state index contributed by atoms with van der Waals surface area (Å²) in [7, 11) is 0. The molecule has 53 heavy (non-hydrogen) atoms. The first-order valence-corrected chi connectivity index (χ1v) is 18.0. The van der Waals surface area contributed by atoms with Crippen LogP contribution in [0.3, 0.4) is 0 Å². The normalized spacial score (nSPS) is 26.5. The Labute approximate surface area is 302 Å². The smallest absolute Gasteiger partial charge is 0.417 e. The van der Waals surface area contributed by atoms with Crippen molar-refractivity contribution in [3.8, 4) is 23.1 Å². The van der Waals surface area contributed by atoms with E-state index in [2.05, 4.69) is 14.9 Å². The van der Waals surface area contributed by atoms with Crippen LogP contribution >= 0.6 is 0 Å². The zero-order valence-electron chi connectivity index (χ0n) is 30.1. The molecule has 7 heterocycles. The van der Waals surface area contributed by atoms with Gasteiger partial charge in [-0.25, -0.2) is 18.6 Å². The summed E-state index contributed by atoms with van der Waals surface area (Å²) in [5, 5.41) is 0.0477. The Balaban J connectivity index is 1.23. The summed E-state index contributed by atoms with van der Waals surface area (Å²) in [5.41, 5.74) is 0.351. The number of benzene rings is 1. The van der Waals surface area contributed by atoms with E-state index in [9.17, 15) is 22.4 Å². The van der Waals surface area contributed by atoms with Crippen molar-refractivity contribution in [2.75, 3.05) is 43.5 Å².